The number of ether oxygens (including phenoxy) is 2. The average Bonchev–Trinajstić information content (AvgIpc) is 2.54. The van der Waals surface area contributed by atoms with E-state index in [0.29, 0.717) is 11.4 Å². The lowest BCUT2D eigenvalue weighted by molar-refractivity contribution is 0.302. The van der Waals surface area contributed by atoms with Gasteiger partial charge in [0.25, 0.3) is 0 Å². The Kier molecular flexibility index (Phi) is 3.70. The summed E-state index contributed by atoms with van der Waals surface area (Å²) in [5.41, 5.74) is 0.684. The van der Waals surface area contributed by atoms with E-state index in [2.05, 4.69) is 4.98 Å². The van der Waals surface area contributed by atoms with E-state index < -0.39 is 0 Å². The summed E-state index contributed by atoms with van der Waals surface area (Å²) in [6, 6.07) is 12.0. The lowest BCUT2D eigenvalue weighted by atomic mass is 10.1. The predicted molar refractivity (Wildman–Crippen MR) is 82.4 cm³/mol. The van der Waals surface area contributed by atoms with Crippen molar-refractivity contribution in [3.05, 3.63) is 54.4 Å². The monoisotopic (exact) mass is 297 g/mol. The van der Waals surface area contributed by atoms with E-state index >= 15 is 0 Å². The van der Waals surface area contributed by atoms with Crippen LogP contribution < -0.4 is 9.47 Å². The Morgan fingerprint density at radius 3 is 2.36 bits per heavy atom. The van der Waals surface area contributed by atoms with Crippen LogP contribution in [0.25, 0.3) is 10.8 Å². The third-order valence-electron chi connectivity index (χ3n) is 3.38. The molecule has 0 bridgehead atoms. The molecule has 0 spiro atoms. The van der Waals surface area contributed by atoms with Gasteiger partial charge in [0.2, 0.25) is 0 Å². The molecule has 0 saturated heterocycles. The molecule has 0 fully saturated rings. The maximum atomic E-state index is 9.65. The topological polar surface area (TPSA) is 71.8 Å². The van der Waals surface area contributed by atoms with Crippen LogP contribution in [0.1, 0.15) is 5.69 Å². The number of nitrogens with zero attached hydrogens (tertiary/aromatic N) is 1. The standard InChI is InChI=1S/C17H15NO4/c1-21-12-2-4-13(5-3-12)22-10-15-14-9-17(20)16(19)8-11(14)6-7-18-15/h2-9,19-20H,10H2,1H3. The van der Waals surface area contributed by atoms with Crippen molar-refractivity contribution in [2.45, 2.75) is 6.61 Å². The predicted octanol–water partition coefficient (Wildman–Crippen LogP) is 3.23. The summed E-state index contributed by atoms with van der Waals surface area (Å²) in [4.78, 5) is 4.28. The first-order chi connectivity index (χ1) is 10.7. The summed E-state index contributed by atoms with van der Waals surface area (Å²) in [6.45, 7) is 0.258. The highest BCUT2D eigenvalue weighted by Gasteiger charge is 2.08. The largest absolute Gasteiger partial charge is 0.504 e. The Morgan fingerprint density at radius 1 is 0.955 bits per heavy atom. The third kappa shape index (κ3) is 2.74. The van der Waals surface area contributed by atoms with Gasteiger partial charge in [0.1, 0.15) is 18.1 Å². The van der Waals surface area contributed by atoms with Gasteiger partial charge < -0.3 is 19.7 Å². The fraction of sp³-hybridized carbons (Fsp3) is 0.118. The van der Waals surface area contributed by atoms with Crippen LogP contribution in [0.3, 0.4) is 0 Å². The van der Waals surface area contributed by atoms with Gasteiger partial charge in [0, 0.05) is 11.6 Å². The van der Waals surface area contributed by atoms with Crippen LogP contribution in [0.2, 0.25) is 0 Å². The molecule has 0 aliphatic carbocycles. The maximum Gasteiger partial charge on any atom is 0.158 e. The number of aromatic hydroxyl groups is 2. The summed E-state index contributed by atoms with van der Waals surface area (Å²) in [6.07, 6.45) is 1.64. The molecule has 0 radical (unpaired) electrons. The number of phenols is 2. The van der Waals surface area contributed by atoms with E-state index in [1.165, 1.54) is 12.1 Å². The molecule has 0 atom stereocenters. The second-order valence-corrected chi connectivity index (χ2v) is 4.78. The van der Waals surface area contributed by atoms with Gasteiger partial charge in [-0.1, -0.05) is 0 Å². The SMILES string of the molecule is COc1ccc(OCc2nccc3cc(O)c(O)cc23)cc1. The highest BCUT2D eigenvalue weighted by atomic mass is 16.5. The number of rotatable bonds is 4. The van der Waals surface area contributed by atoms with Crippen LogP contribution in [0.4, 0.5) is 0 Å². The molecule has 5 heteroatoms. The molecule has 2 N–H and O–H groups in total. The summed E-state index contributed by atoms with van der Waals surface area (Å²) in [5.74, 6) is 1.13. The smallest absolute Gasteiger partial charge is 0.158 e. The van der Waals surface area contributed by atoms with Crippen LogP contribution in [-0.4, -0.2) is 22.3 Å². The summed E-state index contributed by atoms with van der Waals surface area (Å²) >= 11 is 0. The summed E-state index contributed by atoms with van der Waals surface area (Å²) < 4.78 is 10.8. The number of fused-ring (bicyclic) bond motifs is 1. The van der Waals surface area contributed by atoms with Crippen molar-refractivity contribution in [2.75, 3.05) is 7.11 Å². The fourth-order valence-electron chi connectivity index (χ4n) is 2.20. The van der Waals surface area contributed by atoms with Crippen LogP contribution in [0.5, 0.6) is 23.0 Å². The van der Waals surface area contributed by atoms with Crippen molar-refractivity contribution in [1.82, 2.24) is 4.98 Å². The zero-order valence-electron chi connectivity index (χ0n) is 12.0. The van der Waals surface area contributed by atoms with Crippen LogP contribution >= 0.6 is 0 Å². The lowest BCUT2D eigenvalue weighted by Gasteiger charge is -2.09. The maximum absolute atomic E-state index is 9.65. The molecular formula is C17H15NO4. The Morgan fingerprint density at radius 2 is 1.64 bits per heavy atom. The van der Waals surface area contributed by atoms with Crippen molar-refractivity contribution in [2.24, 2.45) is 0 Å². The minimum absolute atomic E-state index is 0.152. The minimum Gasteiger partial charge on any atom is -0.504 e. The van der Waals surface area contributed by atoms with E-state index in [1.54, 1.807) is 19.4 Å². The van der Waals surface area contributed by atoms with Gasteiger partial charge >= 0.3 is 0 Å². The van der Waals surface area contributed by atoms with Gasteiger partial charge in [-0.05, 0) is 47.9 Å². The fourth-order valence-corrected chi connectivity index (χ4v) is 2.20. The molecular weight excluding hydrogens is 282 g/mol. The number of benzene rings is 2. The van der Waals surface area contributed by atoms with Crippen molar-refractivity contribution in [1.29, 1.82) is 0 Å². The van der Waals surface area contributed by atoms with Gasteiger partial charge in [-0.15, -0.1) is 0 Å². The molecule has 0 amide bonds. The first-order valence-corrected chi connectivity index (χ1v) is 6.74. The van der Waals surface area contributed by atoms with E-state index in [4.69, 9.17) is 9.47 Å². The lowest BCUT2D eigenvalue weighted by Crippen LogP contribution is -1.99. The minimum atomic E-state index is -0.175. The number of phenolic OH excluding ortho intramolecular Hbond substituents is 2. The number of hydrogen-bond donors (Lipinski definition) is 2. The number of pyridine rings is 1. The molecule has 22 heavy (non-hydrogen) atoms. The molecule has 3 rings (SSSR count). The first-order valence-electron chi connectivity index (χ1n) is 6.74. The Bertz CT molecular complexity index is 800. The highest BCUT2D eigenvalue weighted by Crippen LogP contribution is 2.31. The van der Waals surface area contributed by atoms with Crippen molar-refractivity contribution >= 4 is 10.8 Å². The Hall–Kier alpha value is -2.95. The number of methoxy groups -OCH3 is 1. The van der Waals surface area contributed by atoms with E-state index in [-0.39, 0.29) is 18.1 Å². The average molecular weight is 297 g/mol. The highest BCUT2D eigenvalue weighted by molar-refractivity contribution is 5.87. The van der Waals surface area contributed by atoms with Crippen molar-refractivity contribution in [3.63, 3.8) is 0 Å². The Labute approximate surface area is 127 Å². The zero-order valence-corrected chi connectivity index (χ0v) is 12.0. The van der Waals surface area contributed by atoms with Crippen LogP contribution in [-0.2, 0) is 6.61 Å². The zero-order chi connectivity index (χ0) is 15.5. The molecule has 112 valence electrons. The molecule has 3 aromatic rings. The van der Waals surface area contributed by atoms with Gasteiger partial charge in [0.15, 0.2) is 11.5 Å². The van der Waals surface area contributed by atoms with Gasteiger partial charge in [0.05, 0.1) is 12.8 Å². The van der Waals surface area contributed by atoms with Crippen LogP contribution in [0, 0.1) is 0 Å². The second kappa shape index (κ2) is 5.81. The third-order valence-corrected chi connectivity index (χ3v) is 3.38. The van der Waals surface area contributed by atoms with Crippen molar-refractivity contribution < 1.29 is 19.7 Å². The van der Waals surface area contributed by atoms with Gasteiger partial charge in [-0.2, -0.15) is 0 Å². The van der Waals surface area contributed by atoms with E-state index in [1.807, 2.05) is 24.3 Å². The van der Waals surface area contributed by atoms with E-state index in [0.717, 1.165) is 16.5 Å². The molecule has 0 unspecified atom stereocenters. The Balaban J connectivity index is 1.85. The first kappa shape index (κ1) is 14.0. The second-order valence-electron chi connectivity index (χ2n) is 4.78. The van der Waals surface area contributed by atoms with Gasteiger partial charge in [-0.3, -0.25) is 4.98 Å². The molecule has 5 nitrogen and oxygen atoms in total. The van der Waals surface area contributed by atoms with E-state index in [9.17, 15) is 10.2 Å². The molecule has 0 saturated carbocycles. The molecule has 0 aliphatic heterocycles. The molecule has 1 aromatic heterocycles. The van der Waals surface area contributed by atoms with Gasteiger partial charge in [-0.25, -0.2) is 0 Å². The molecule has 2 aromatic carbocycles. The van der Waals surface area contributed by atoms with Crippen molar-refractivity contribution in [3.8, 4) is 23.0 Å². The molecule has 1 heterocycles. The quantitative estimate of drug-likeness (QED) is 0.723. The van der Waals surface area contributed by atoms with Crippen LogP contribution in [0.15, 0.2) is 48.7 Å². The molecule has 0 aliphatic rings. The number of aromatic nitrogens is 1. The normalized spacial score (nSPS) is 10.6. The number of hydrogen-bond acceptors (Lipinski definition) is 5. The summed E-state index contributed by atoms with van der Waals surface area (Å²) in [5, 5.41) is 20.7. The summed E-state index contributed by atoms with van der Waals surface area (Å²) in [7, 11) is 1.61.